The topological polar surface area (TPSA) is 108 Å². The summed E-state index contributed by atoms with van der Waals surface area (Å²) in [5, 5.41) is 15.7. The molecule has 42 heavy (non-hydrogen) atoms. The number of halogens is 2. The van der Waals surface area contributed by atoms with Crippen LogP contribution in [0.2, 0.25) is 0 Å². The minimum absolute atomic E-state index is 0.0865. The third kappa shape index (κ3) is 6.79. The van der Waals surface area contributed by atoms with Gasteiger partial charge in [-0.15, -0.1) is 0 Å². The molecule has 0 aliphatic carbocycles. The molecule has 218 valence electrons. The van der Waals surface area contributed by atoms with Crippen molar-refractivity contribution in [2.24, 2.45) is 11.8 Å². The monoisotopic (exact) mass is 573 g/mol. The molecule has 0 aliphatic heterocycles. The molecule has 0 saturated heterocycles. The van der Waals surface area contributed by atoms with Gasteiger partial charge in [-0.1, -0.05) is 50.2 Å². The molecule has 1 aromatic heterocycles. The van der Waals surface area contributed by atoms with Crippen molar-refractivity contribution in [3.63, 3.8) is 0 Å². The van der Waals surface area contributed by atoms with Crippen molar-refractivity contribution >= 4 is 34.4 Å². The first-order valence-electron chi connectivity index (χ1n) is 13.7. The highest BCUT2D eigenvalue weighted by atomic mass is 19.2. The lowest BCUT2D eigenvalue weighted by Crippen LogP contribution is -2.41. The fraction of sp³-hybridized carbons (Fsp3) is 0.273. The molecule has 0 saturated carbocycles. The fourth-order valence-electron chi connectivity index (χ4n) is 5.19. The number of aliphatic carboxylic acids is 1. The number of carbonyl (C=O) groups is 3. The number of pyridine rings is 1. The lowest BCUT2D eigenvalue weighted by molar-refractivity contribution is -0.138. The van der Waals surface area contributed by atoms with Crippen LogP contribution in [-0.2, 0) is 14.4 Å². The minimum atomic E-state index is -1.43. The van der Waals surface area contributed by atoms with E-state index in [1.165, 1.54) is 6.07 Å². The molecule has 1 heterocycles. The molecule has 0 spiro atoms. The van der Waals surface area contributed by atoms with E-state index in [-0.39, 0.29) is 17.9 Å². The molecule has 3 aromatic carbocycles. The van der Waals surface area contributed by atoms with Crippen LogP contribution in [-0.4, -0.2) is 27.9 Å². The number of carboxylic acids is 1. The van der Waals surface area contributed by atoms with E-state index in [0.717, 1.165) is 22.6 Å². The van der Waals surface area contributed by atoms with Crippen molar-refractivity contribution < 1.29 is 28.3 Å². The normalized spacial score (nSPS) is 12.6. The molecular formula is C33H33F2N3O4. The standard InChI is InChI=1S/C33H33F2N3O4/c1-18(2)14-24(32(41)37-26-12-6-10-21-11-7-13-36-31(21)26)33(42)38-27(17-28(39)40)23-15-22(16-25(34)30(23)35)29-19(3)8-5-9-20(29)4/h5-13,15-16,18,24,27H,14,17H2,1-4H3,(H,37,41)(H,38,42)(H,39,40)/t24-,27+/m1/s1. The quantitative estimate of drug-likeness (QED) is 0.182. The predicted octanol–water partition coefficient (Wildman–Crippen LogP) is 6.73. The molecule has 4 aromatic rings. The number of amides is 2. The van der Waals surface area contributed by atoms with Gasteiger partial charge in [0, 0.05) is 17.1 Å². The largest absolute Gasteiger partial charge is 0.481 e. The van der Waals surface area contributed by atoms with Crippen LogP contribution in [0, 0.1) is 37.3 Å². The highest BCUT2D eigenvalue weighted by molar-refractivity contribution is 6.09. The van der Waals surface area contributed by atoms with E-state index in [1.807, 2.05) is 58.0 Å². The average Bonchev–Trinajstić information content (AvgIpc) is 2.92. The molecule has 2 amide bonds. The molecule has 9 heteroatoms. The number of para-hydroxylation sites is 1. The summed E-state index contributed by atoms with van der Waals surface area (Å²) in [7, 11) is 0. The molecule has 7 nitrogen and oxygen atoms in total. The molecule has 4 rings (SSSR count). The van der Waals surface area contributed by atoms with Crippen LogP contribution in [0.1, 0.15) is 49.4 Å². The summed E-state index contributed by atoms with van der Waals surface area (Å²) in [5.74, 6) is -6.50. The van der Waals surface area contributed by atoms with Crippen molar-refractivity contribution in [3.05, 3.63) is 95.2 Å². The van der Waals surface area contributed by atoms with Crippen LogP contribution in [0.15, 0.2) is 66.9 Å². The predicted molar refractivity (Wildman–Crippen MR) is 158 cm³/mol. The van der Waals surface area contributed by atoms with Gasteiger partial charge in [0.25, 0.3) is 0 Å². The summed E-state index contributed by atoms with van der Waals surface area (Å²) in [5.41, 5.74) is 3.32. The minimum Gasteiger partial charge on any atom is -0.481 e. The van der Waals surface area contributed by atoms with E-state index in [2.05, 4.69) is 15.6 Å². The van der Waals surface area contributed by atoms with Gasteiger partial charge in [0.1, 0.15) is 5.92 Å². The van der Waals surface area contributed by atoms with E-state index in [4.69, 9.17) is 0 Å². The number of anilines is 1. The number of nitrogens with zero attached hydrogens (tertiary/aromatic N) is 1. The van der Waals surface area contributed by atoms with E-state index < -0.39 is 47.8 Å². The van der Waals surface area contributed by atoms with E-state index >= 15 is 4.39 Å². The van der Waals surface area contributed by atoms with Gasteiger partial charge in [-0.25, -0.2) is 8.78 Å². The van der Waals surface area contributed by atoms with Gasteiger partial charge in [-0.05, 0) is 72.7 Å². The highest BCUT2D eigenvalue weighted by Crippen LogP contribution is 2.33. The fourth-order valence-corrected chi connectivity index (χ4v) is 5.19. The summed E-state index contributed by atoms with van der Waals surface area (Å²) in [6, 6.07) is 15.4. The van der Waals surface area contributed by atoms with E-state index in [0.29, 0.717) is 22.3 Å². The molecule has 0 aliphatic rings. The second-order valence-corrected chi connectivity index (χ2v) is 10.8. The van der Waals surface area contributed by atoms with Gasteiger partial charge in [0.2, 0.25) is 11.8 Å². The SMILES string of the molecule is Cc1cccc(C)c1-c1cc(F)c(F)c([C@H](CC(=O)O)NC(=O)[C@H](CC(C)C)C(=O)Nc2cccc3cccnc23)c1. The molecule has 3 N–H and O–H groups in total. The zero-order chi connectivity index (χ0) is 30.6. The lowest BCUT2D eigenvalue weighted by Gasteiger charge is -2.24. The Kier molecular flexibility index (Phi) is 9.30. The Balaban J connectivity index is 1.69. The Labute approximate surface area is 243 Å². The Hall–Kier alpha value is -4.66. The molecule has 0 bridgehead atoms. The van der Waals surface area contributed by atoms with Gasteiger partial charge in [-0.2, -0.15) is 0 Å². The number of hydrogen-bond acceptors (Lipinski definition) is 4. The number of aryl methyl sites for hydroxylation is 2. The van der Waals surface area contributed by atoms with Crippen LogP contribution in [0.4, 0.5) is 14.5 Å². The second kappa shape index (κ2) is 12.9. The lowest BCUT2D eigenvalue weighted by atomic mass is 9.91. The van der Waals surface area contributed by atoms with Crippen molar-refractivity contribution in [2.75, 3.05) is 5.32 Å². The number of benzene rings is 3. The maximum atomic E-state index is 15.2. The smallest absolute Gasteiger partial charge is 0.305 e. The zero-order valence-corrected chi connectivity index (χ0v) is 23.9. The van der Waals surface area contributed by atoms with Crippen LogP contribution >= 0.6 is 0 Å². The zero-order valence-electron chi connectivity index (χ0n) is 23.9. The number of nitrogens with one attached hydrogen (secondary N) is 2. The summed E-state index contributed by atoms with van der Waals surface area (Å²) in [6.07, 6.45) is 1.00. The van der Waals surface area contributed by atoms with Crippen molar-refractivity contribution in [2.45, 2.75) is 46.6 Å². The molecule has 0 radical (unpaired) electrons. The van der Waals surface area contributed by atoms with Crippen molar-refractivity contribution in [3.8, 4) is 11.1 Å². The van der Waals surface area contributed by atoms with Gasteiger partial charge in [0.05, 0.1) is 23.7 Å². The Morgan fingerprint density at radius 2 is 1.60 bits per heavy atom. The summed E-state index contributed by atoms with van der Waals surface area (Å²) in [4.78, 5) is 43.2. The average molecular weight is 574 g/mol. The van der Waals surface area contributed by atoms with Crippen molar-refractivity contribution in [1.29, 1.82) is 0 Å². The third-order valence-corrected chi connectivity index (χ3v) is 7.13. The van der Waals surface area contributed by atoms with Crippen LogP contribution < -0.4 is 10.6 Å². The first-order valence-corrected chi connectivity index (χ1v) is 13.7. The number of fused-ring (bicyclic) bond motifs is 1. The van der Waals surface area contributed by atoms with E-state index in [9.17, 15) is 23.9 Å². The van der Waals surface area contributed by atoms with Crippen LogP contribution in [0.3, 0.4) is 0 Å². The first kappa shape index (κ1) is 30.3. The maximum Gasteiger partial charge on any atom is 0.305 e. The summed E-state index contributed by atoms with van der Waals surface area (Å²) >= 11 is 0. The molecule has 2 atom stereocenters. The number of rotatable bonds is 10. The van der Waals surface area contributed by atoms with Gasteiger partial charge < -0.3 is 15.7 Å². The number of aromatic nitrogens is 1. The van der Waals surface area contributed by atoms with Crippen LogP contribution in [0.5, 0.6) is 0 Å². The molecular weight excluding hydrogens is 540 g/mol. The highest BCUT2D eigenvalue weighted by Gasteiger charge is 2.32. The first-order chi connectivity index (χ1) is 20.0. The maximum absolute atomic E-state index is 15.2. The van der Waals surface area contributed by atoms with Gasteiger partial charge >= 0.3 is 5.97 Å². The van der Waals surface area contributed by atoms with E-state index in [1.54, 1.807) is 24.4 Å². The van der Waals surface area contributed by atoms with Crippen LogP contribution in [0.25, 0.3) is 22.0 Å². The molecule has 0 fully saturated rings. The number of carbonyl (C=O) groups excluding carboxylic acids is 2. The van der Waals surface area contributed by atoms with Gasteiger partial charge in [0.15, 0.2) is 11.6 Å². The number of carboxylic acid groups (broad SMARTS) is 1. The van der Waals surface area contributed by atoms with Crippen molar-refractivity contribution in [1.82, 2.24) is 10.3 Å². The summed E-state index contributed by atoms with van der Waals surface area (Å²) in [6.45, 7) is 7.34. The number of hydrogen-bond donors (Lipinski definition) is 3. The molecule has 0 unspecified atom stereocenters. The Morgan fingerprint density at radius 1 is 0.929 bits per heavy atom. The van der Waals surface area contributed by atoms with Gasteiger partial charge in [-0.3, -0.25) is 19.4 Å². The Bertz CT molecular complexity index is 1630. The Morgan fingerprint density at radius 3 is 2.26 bits per heavy atom. The second-order valence-electron chi connectivity index (χ2n) is 10.8. The third-order valence-electron chi connectivity index (χ3n) is 7.13. The summed E-state index contributed by atoms with van der Waals surface area (Å²) < 4.78 is 30.2.